The van der Waals surface area contributed by atoms with E-state index in [0.717, 1.165) is 12.1 Å². The van der Waals surface area contributed by atoms with Crippen LogP contribution in [0.25, 0.3) is 11.3 Å². The van der Waals surface area contributed by atoms with Crippen LogP contribution in [-0.2, 0) is 16.4 Å². The number of piperidine rings is 1. The van der Waals surface area contributed by atoms with Crippen LogP contribution in [0, 0.1) is 0 Å². The van der Waals surface area contributed by atoms with Gasteiger partial charge in [0.25, 0.3) is 5.91 Å². The molecule has 1 aromatic carbocycles. The Morgan fingerprint density at radius 3 is 2.63 bits per heavy atom. The fraction of sp³-hybridized carbons (Fsp3) is 0.310. The van der Waals surface area contributed by atoms with Gasteiger partial charge in [-0.15, -0.1) is 0 Å². The summed E-state index contributed by atoms with van der Waals surface area (Å²) in [4.78, 5) is 37.2. The lowest BCUT2D eigenvalue weighted by Crippen LogP contribution is -2.53. The Kier molecular flexibility index (Phi) is 7.65. The van der Waals surface area contributed by atoms with Crippen LogP contribution in [0.4, 0.5) is 18.9 Å². The highest BCUT2D eigenvalue weighted by Crippen LogP contribution is 2.45. The highest BCUT2D eigenvalue weighted by Gasteiger charge is 2.46. The molecule has 2 amide bonds. The first-order valence-corrected chi connectivity index (χ1v) is 13.4. The molecule has 1 spiro atoms. The van der Waals surface area contributed by atoms with Gasteiger partial charge in [-0.1, -0.05) is 17.7 Å². The van der Waals surface area contributed by atoms with Gasteiger partial charge in [0.2, 0.25) is 11.8 Å². The number of hydrogen-bond acceptors (Lipinski definition) is 6. The van der Waals surface area contributed by atoms with Crippen molar-refractivity contribution in [2.45, 2.75) is 31.4 Å². The summed E-state index contributed by atoms with van der Waals surface area (Å²) in [6, 6.07) is 11.0. The number of ether oxygens (including phenoxy) is 1. The summed E-state index contributed by atoms with van der Waals surface area (Å²) >= 11 is 5.89. The first-order chi connectivity index (χ1) is 19.5. The van der Waals surface area contributed by atoms with Crippen LogP contribution in [-0.4, -0.2) is 52.9 Å². The molecule has 2 aromatic heterocycles. The molecule has 2 N–H and O–H groups in total. The lowest BCUT2D eigenvalue weighted by atomic mass is 9.69. The van der Waals surface area contributed by atoms with E-state index in [-0.39, 0.29) is 22.9 Å². The first-order valence-electron chi connectivity index (χ1n) is 13.0. The topological polar surface area (TPSA) is 102 Å². The predicted molar refractivity (Wildman–Crippen MR) is 148 cm³/mol. The van der Waals surface area contributed by atoms with Crippen LogP contribution in [0.1, 0.15) is 41.4 Å². The quantitative estimate of drug-likeness (QED) is 0.399. The Hall–Kier alpha value is -4.12. The smallest absolute Gasteiger partial charge is 0.418 e. The molecule has 1 saturated heterocycles. The SMILES string of the molecule is CCOc1ncccc1-c1ccc2c(n1)C(=O)N(C=CC(N)=O)CC21CCN(c2ccc(Cl)cc2C(F)(F)F)CC1. The number of carbonyl (C=O) groups is 2. The first kappa shape index (κ1) is 28.4. The third-order valence-corrected chi connectivity index (χ3v) is 7.71. The van der Waals surface area contributed by atoms with Gasteiger partial charge < -0.3 is 20.3 Å². The highest BCUT2D eigenvalue weighted by molar-refractivity contribution is 6.30. The monoisotopic (exact) mass is 585 g/mol. The Bertz CT molecular complexity index is 1520. The minimum atomic E-state index is -4.57. The van der Waals surface area contributed by atoms with Gasteiger partial charge in [0.05, 0.1) is 23.4 Å². The van der Waals surface area contributed by atoms with Crippen LogP contribution in [0.5, 0.6) is 5.88 Å². The number of benzene rings is 1. The van der Waals surface area contributed by atoms with Gasteiger partial charge in [-0.2, -0.15) is 13.2 Å². The van der Waals surface area contributed by atoms with Gasteiger partial charge in [0.15, 0.2) is 0 Å². The van der Waals surface area contributed by atoms with E-state index in [2.05, 4.69) is 4.98 Å². The van der Waals surface area contributed by atoms with Crippen molar-refractivity contribution >= 4 is 29.1 Å². The zero-order valence-corrected chi connectivity index (χ0v) is 22.9. The minimum Gasteiger partial charge on any atom is -0.477 e. The molecule has 4 heterocycles. The summed E-state index contributed by atoms with van der Waals surface area (Å²) in [5.74, 6) is -0.748. The molecule has 1 fully saturated rings. The number of rotatable bonds is 6. The number of amides is 2. The average molecular weight is 586 g/mol. The lowest BCUT2D eigenvalue weighted by Gasteiger charge is -2.48. The number of alkyl halides is 3. The molecule has 3 aromatic rings. The maximum Gasteiger partial charge on any atom is 0.418 e. The van der Waals surface area contributed by atoms with Gasteiger partial charge >= 0.3 is 6.18 Å². The number of halogens is 4. The van der Waals surface area contributed by atoms with Crippen molar-refractivity contribution in [3.63, 3.8) is 0 Å². The zero-order chi connectivity index (χ0) is 29.4. The summed E-state index contributed by atoms with van der Waals surface area (Å²) < 4.78 is 47.1. The molecule has 0 aliphatic carbocycles. The van der Waals surface area contributed by atoms with Crippen LogP contribution in [0.2, 0.25) is 5.02 Å². The van der Waals surface area contributed by atoms with Crippen molar-refractivity contribution in [2.24, 2.45) is 5.73 Å². The van der Waals surface area contributed by atoms with Crippen molar-refractivity contribution < 1.29 is 27.5 Å². The van der Waals surface area contributed by atoms with Crippen molar-refractivity contribution in [1.29, 1.82) is 0 Å². The van der Waals surface area contributed by atoms with Crippen molar-refractivity contribution in [3.05, 3.63) is 82.8 Å². The van der Waals surface area contributed by atoms with E-state index in [1.165, 1.54) is 23.2 Å². The second-order valence-corrected chi connectivity index (χ2v) is 10.4. The third-order valence-electron chi connectivity index (χ3n) is 7.48. The number of anilines is 1. The molecule has 214 valence electrons. The van der Waals surface area contributed by atoms with Crippen molar-refractivity contribution in [1.82, 2.24) is 14.9 Å². The van der Waals surface area contributed by atoms with E-state index in [0.29, 0.717) is 55.2 Å². The van der Waals surface area contributed by atoms with Crippen molar-refractivity contribution in [2.75, 3.05) is 31.1 Å². The molecule has 2 aliphatic heterocycles. The Morgan fingerprint density at radius 1 is 1.20 bits per heavy atom. The molecular formula is C29H27ClF3N5O3. The predicted octanol–water partition coefficient (Wildman–Crippen LogP) is 5.21. The molecule has 8 nitrogen and oxygen atoms in total. The number of primary amides is 1. The molecule has 41 heavy (non-hydrogen) atoms. The number of nitrogens with zero attached hydrogens (tertiary/aromatic N) is 4. The summed E-state index contributed by atoms with van der Waals surface area (Å²) in [6.07, 6.45) is 0.350. The van der Waals surface area contributed by atoms with Crippen molar-refractivity contribution in [3.8, 4) is 17.1 Å². The largest absolute Gasteiger partial charge is 0.477 e. The number of hydrogen-bond donors (Lipinski definition) is 1. The number of nitrogens with two attached hydrogens (primary N) is 1. The summed E-state index contributed by atoms with van der Waals surface area (Å²) in [7, 11) is 0. The van der Waals surface area contributed by atoms with Gasteiger partial charge in [-0.25, -0.2) is 9.97 Å². The standard InChI is InChI=1S/C29H27ClF3N5O3/c1-2-41-26-19(4-3-12-35-26)22-7-6-20-25(36-22)27(40)38(13-9-24(34)39)17-28(20)10-14-37(15-11-28)23-8-5-18(30)16-21(23)29(31,32)33/h3-9,12-13,16H,2,10-11,14-15,17H2,1H3,(H2,34,39). The summed E-state index contributed by atoms with van der Waals surface area (Å²) in [6.45, 7) is 3.04. The second-order valence-electron chi connectivity index (χ2n) is 9.96. The third kappa shape index (κ3) is 5.58. The van der Waals surface area contributed by atoms with Crippen LogP contribution >= 0.6 is 11.6 Å². The van der Waals surface area contributed by atoms with E-state index in [1.54, 1.807) is 29.3 Å². The van der Waals surface area contributed by atoms with Gasteiger partial charge in [0, 0.05) is 54.2 Å². The number of aromatic nitrogens is 2. The molecule has 12 heteroatoms. The Labute approximate surface area is 239 Å². The normalized spacial score (nSPS) is 16.8. The van der Waals surface area contributed by atoms with Gasteiger partial charge in [0.1, 0.15) is 5.69 Å². The maximum absolute atomic E-state index is 13.8. The summed E-state index contributed by atoms with van der Waals surface area (Å²) in [5, 5.41) is 0.00847. The second kappa shape index (κ2) is 11.0. The van der Waals surface area contributed by atoms with E-state index >= 15 is 0 Å². The van der Waals surface area contributed by atoms with E-state index < -0.39 is 29.0 Å². The molecule has 0 atom stereocenters. The van der Waals surface area contributed by atoms with Crippen LogP contribution < -0.4 is 15.4 Å². The molecular weight excluding hydrogens is 559 g/mol. The van der Waals surface area contributed by atoms with Crippen LogP contribution in [0.3, 0.4) is 0 Å². The van der Waals surface area contributed by atoms with Gasteiger partial charge in [-0.3, -0.25) is 9.59 Å². The maximum atomic E-state index is 13.8. The zero-order valence-electron chi connectivity index (χ0n) is 22.1. The molecule has 5 rings (SSSR count). The number of fused-ring (bicyclic) bond motifs is 2. The van der Waals surface area contributed by atoms with E-state index in [9.17, 15) is 22.8 Å². The molecule has 0 saturated carbocycles. The van der Waals surface area contributed by atoms with E-state index in [1.807, 2.05) is 13.0 Å². The fourth-order valence-corrected chi connectivity index (χ4v) is 5.73. The average Bonchev–Trinajstić information content (AvgIpc) is 2.94. The fourth-order valence-electron chi connectivity index (χ4n) is 5.55. The molecule has 0 unspecified atom stereocenters. The highest BCUT2D eigenvalue weighted by atomic mass is 35.5. The molecule has 0 bridgehead atoms. The van der Waals surface area contributed by atoms with Gasteiger partial charge in [-0.05, 0) is 61.7 Å². The lowest BCUT2D eigenvalue weighted by molar-refractivity contribution is -0.137. The number of pyridine rings is 2. The van der Waals surface area contributed by atoms with Crippen LogP contribution in [0.15, 0.2) is 60.9 Å². The number of carbonyl (C=O) groups excluding carboxylic acids is 2. The Morgan fingerprint density at radius 2 is 1.95 bits per heavy atom. The Balaban J connectivity index is 1.54. The molecule has 0 radical (unpaired) electrons. The summed E-state index contributed by atoms with van der Waals surface area (Å²) in [5.41, 5.74) is 5.96. The minimum absolute atomic E-state index is 0.00847. The molecule has 2 aliphatic rings. The van der Waals surface area contributed by atoms with E-state index in [4.69, 9.17) is 27.1 Å².